The topological polar surface area (TPSA) is 44.4 Å². The van der Waals surface area contributed by atoms with Gasteiger partial charge in [-0.1, -0.05) is 0 Å². The van der Waals surface area contributed by atoms with Crippen molar-refractivity contribution in [3.05, 3.63) is 29.6 Å². The van der Waals surface area contributed by atoms with Gasteiger partial charge in [0.15, 0.2) is 0 Å². The number of halogens is 1. The molecule has 2 amide bonds. The number of fused-ring (bicyclic) bond motifs is 1. The predicted octanol–water partition coefficient (Wildman–Crippen LogP) is 1.95. The first kappa shape index (κ1) is 11.5. The van der Waals surface area contributed by atoms with Crippen molar-refractivity contribution in [2.75, 3.05) is 25.5 Å². The van der Waals surface area contributed by atoms with Crippen LogP contribution in [0.25, 0.3) is 0 Å². The van der Waals surface area contributed by atoms with Gasteiger partial charge < -0.3 is 15.5 Å². The van der Waals surface area contributed by atoms with Crippen molar-refractivity contribution in [1.82, 2.24) is 10.2 Å². The number of nitrogens with zero attached hydrogens (tertiary/aromatic N) is 1. The second kappa shape index (κ2) is 4.24. The molecule has 1 saturated heterocycles. The van der Waals surface area contributed by atoms with Crippen molar-refractivity contribution in [2.24, 2.45) is 5.92 Å². The number of carbonyl (C=O) groups excluding carboxylic acids is 1. The molecule has 0 bridgehead atoms. The van der Waals surface area contributed by atoms with Gasteiger partial charge in [-0.05, 0) is 44.1 Å². The lowest BCUT2D eigenvalue weighted by Gasteiger charge is -2.31. The molecule has 2 unspecified atom stereocenters. The number of benzene rings is 1. The molecule has 2 atom stereocenters. The second-order valence-corrected chi connectivity index (χ2v) is 5.12. The predicted molar refractivity (Wildman–Crippen MR) is 66.9 cm³/mol. The lowest BCUT2D eigenvalue weighted by Crippen LogP contribution is -2.41. The van der Waals surface area contributed by atoms with Gasteiger partial charge in [-0.25, -0.2) is 9.18 Å². The average Bonchev–Trinajstić information content (AvgIpc) is 2.75. The van der Waals surface area contributed by atoms with E-state index in [1.807, 2.05) is 0 Å². The number of hydrogen-bond acceptors (Lipinski definition) is 2. The van der Waals surface area contributed by atoms with E-state index in [0.717, 1.165) is 30.8 Å². The van der Waals surface area contributed by atoms with Crippen LogP contribution in [-0.2, 0) is 0 Å². The zero-order chi connectivity index (χ0) is 12.7. The van der Waals surface area contributed by atoms with E-state index in [9.17, 15) is 9.18 Å². The number of likely N-dealkylation sites (tertiary alicyclic amines) is 1. The minimum Gasteiger partial charge on any atom is -0.331 e. The Labute approximate surface area is 105 Å². The smallest absolute Gasteiger partial charge is 0.319 e. The van der Waals surface area contributed by atoms with Crippen molar-refractivity contribution in [2.45, 2.75) is 12.5 Å². The van der Waals surface area contributed by atoms with Gasteiger partial charge in [-0.15, -0.1) is 0 Å². The summed E-state index contributed by atoms with van der Waals surface area (Å²) in [6.07, 6.45) is 1.03. The zero-order valence-electron chi connectivity index (χ0n) is 10.2. The molecule has 96 valence electrons. The molecule has 1 aromatic carbocycles. The first-order valence-electron chi connectivity index (χ1n) is 6.19. The summed E-state index contributed by atoms with van der Waals surface area (Å²) in [4.78, 5) is 13.9. The fourth-order valence-corrected chi connectivity index (χ4v) is 2.90. The lowest BCUT2D eigenvalue weighted by molar-refractivity contribution is 0.240. The molecule has 18 heavy (non-hydrogen) atoms. The van der Waals surface area contributed by atoms with Gasteiger partial charge in [0.1, 0.15) is 5.82 Å². The molecule has 0 radical (unpaired) electrons. The number of hydrogen-bond donors (Lipinski definition) is 2. The fraction of sp³-hybridized carbons (Fsp3) is 0.462. The van der Waals surface area contributed by atoms with Gasteiger partial charge in [-0.2, -0.15) is 0 Å². The van der Waals surface area contributed by atoms with Crippen LogP contribution < -0.4 is 10.6 Å². The van der Waals surface area contributed by atoms with E-state index in [-0.39, 0.29) is 17.9 Å². The summed E-state index contributed by atoms with van der Waals surface area (Å²) in [5, 5.41) is 5.64. The van der Waals surface area contributed by atoms with Crippen LogP contribution in [0.5, 0.6) is 0 Å². The Kier molecular flexibility index (Phi) is 2.70. The maximum atomic E-state index is 13.4. The highest BCUT2D eigenvalue weighted by molar-refractivity contribution is 5.93. The minimum atomic E-state index is -0.261. The van der Waals surface area contributed by atoms with Crippen LogP contribution in [0.3, 0.4) is 0 Å². The molecule has 5 heteroatoms. The summed E-state index contributed by atoms with van der Waals surface area (Å²) in [7, 11) is 2.06. The highest BCUT2D eigenvalue weighted by Crippen LogP contribution is 2.36. The van der Waals surface area contributed by atoms with Crippen molar-refractivity contribution in [3.63, 3.8) is 0 Å². The Bertz CT molecular complexity index is 491. The summed E-state index contributed by atoms with van der Waals surface area (Å²) < 4.78 is 13.4. The van der Waals surface area contributed by atoms with E-state index in [0.29, 0.717) is 5.92 Å². The molecule has 0 spiro atoms. The zero-order valence-corrected chi connectivity index (χ0v) is 10.2. The van der Waals surface area contributed by atoms with Gasteiger partial charge in [0.2, 0.25) is 0 Å². The van der Waals surface area contributed by atoms with Gasteiger partial charge in [-0.3, -0.25) is 0 Å². The molecule has 1 aromatic rings. The normalized spacial score (nSPS) is 27.6. The molecular formula is C13H16FN3O. The number of nitrogens with one attached hydrogen (secondary N) is 2. The van der Waals surface area contributed by atoms with E-state index in [2.05, 4.69) is 22.6 Å². The molecule has 3 rings (SSSR count). The molecule has 4 nitrogen and oxygen atoms in total. The SMILES string of the molecule is CN1CCC(C2NC(=O)Nc3ccc(F)cc32)C1. The first-order chi connectivity index (χ1) is 8.63. The number of carbonyl (C=O) groups is 1. The van der Waals surface area contributed by atoms with Crippen molar-refractivity contribution in [1.29, 1.82) is 0 Å². The summed E-state index contributed by atoms with van der Waals surface area (Å²) in [6.45, 7) is 1.95. The van der Waals surface area contributed by atoms with Crippen LogP contribution in [0.2, 0.25) is 0 Å². The number of urea groups is 1. The molecule has 1 fully saturated rings. The quantitative estimate of drug-likeness (QED) is 0.799. The minimum absolute atomic E-state index is 0.0885. The largest absolute Gasteiger partial charge is 0.331 e. The van der Waals surface area contributed by atoms with Gasteiger partial charge in [0.25, 0.3) is 0 Å². The van der Waals surface area contributed by atoms with E-state index in [1.165, 1.54) is 12.1 Å². The van der Waals surface area contributed by atoms with Crippen molar-refractivity contribution in [3.8, 4) is 0 Å². The maximum absolute atomic E-state index is 13.4. The number of amides is 2. The number of rotatable bonds is 1. The molecule has 2 N–H and O–H groups in total. The highest BCUT2D eigenvalue weighted by Gasteiger charge is 2.34. The summed E-state index contributed by atoms with van der Waals surface area (Å²) in [6, 6.07) is 4.24. The summed E-state index contributed by atoms with van der Waals surface area (Å²) in [5.41, 5.74) is 1.58. The van der Waals surface area contributed by atoms with E-state index >= 15 is 0 Å². The van der Waals surface area contributed by atoms with Gasteiger partial charge in [0.05, 0.1) is 6.04 Å². The second-order valence-electron chi connectivity index (χ2n) is 5.12. The van der Waals surface area contributed by atoms with Gasteiger partial charge in [0, 0.05) is 17.8 Å². The van der Waals surface area contributed by atoms with Crippen LogP contribution in [0, 0.1) is 11.7 Å². The average molecular weight is 249 g/mol. The fourth-order valence-electron chi connectivity index (χ4n) is 2.90. The molecular weight excluding hydrogens is 233 g/mol. The standard InChI is InChI=1S/C13H16FN3O/c1-17-5-4-8(7-17)12-10-6-9(14)2-3-11(10)15-13(18)16-12/h2-3,6,8,12H,4-5,7H2,1H3,(H2,15,16,18). The lowest BCUT2D eigenvalue weighted by atomic mass is 9.90. The Morgan fingerprint density at radius 2 is 2.28 bits per heavy atom. The van der Waals surface area contributed by atoms with E-state index in [1.54, 1.807) is 6.07 Å². The van der Waals surface area contributed by atoms with Crippen LogP contribution in [0.4, 0.5) is 14.9 Å². The first-order valence-corrected chi connectivity index (χ1v) is 6.19. The molecule has 0 aromatic heterocycles. The summed E-state index contributed by atoms with van der Waals surface area (Å²) >= 11 is 0. The third-order valence-corrected chi connectivity index (χ3v) is 3.78. The maximum Gasteiger partial charge on any atom is 0.319 e. The van der Waals surface area contributed by atoms with E-state index in [4.69, 9.17) is 0 Å². The Morgan fingerprint density at radius 1 is 1.44 bits per heavy atom. The highest BCUT2D eigenvalue weighted by atomic mass is 19.1. The Morgan fingerprint density at radius 3 is 3.00 bits per heavy atom. The van der Waals surface area contributed by atoms with Crippen LogP contribution in [0.1, 0.15) is 18.0 Å². The third-order valence-electron chi connectivity index (χ3n) is 3.78. The van der Waals surface area contributed by atoms with Gasteiger partial charge >= 0.3 is 6.03 Å². The summed E-state index contributed by atoms with van der Waals surface area (Å²) in [5.74, 6) is 0.0876. The molecule has 0 aliphatic carbocycles. The van der Waals surface area contributed by atoms with E-state index < -0.39 is 0 Å². The van der Waals surface area contributed by atoms with Crippen LogP contribution >= 0.6 is 0 Å². The van der Waals surface area contributed by atoms with Crippen LogP contribution in [-0.4, -0.2) is 31.1 Å². The molecule has 0 saturated carbocycles. The van der Waals surface area contributed by atoms with Crippen molar-refractivity contribution >= 4 is 11.7 Å². The monoisotopic (exact) mass is 249 g/mol. The molecule has 2 heterocycles. The third kappa shape index (κ3) is 1.95. The molecule has 2 aliphatic heterocycles. The number of anilines is 1. The molecule has 2 aliphatic rings. The Hall–Kier alpha value is -1.62. The van der Waals surface area contributed by atoms with Crippen LogP contribution in [0.15, 0.2) is 18.2 Å². The Balaban J connectivity index is 1.96. The van der Waals surface area contributed by atoms with Crippen molar-refractivity contribution < 1.29 is 9.18 Å².